The Morgan fingerprint density at radius 3 is 2.65 bits per heavy atom. The molecule has 0 spiro atoms. The van der Waals surface area contributed by atoms with Gasteiger partial charge in [0.1, 0.15) is 0 Å². The van der Waals surface area contributed by atoms with Gasteiger partial charge in [0.2, 0.25) is 5.91 Å². The number of carbonyl (C=O) groups excluding carboxylic acids is 1. The van der Waals surface area contributed by atoms with Crippen molar-refractivity contribution >= 4 is 30.2 Å². The highest BCUT2D eigenvalue weighted by Gasteiger charge is 2.19. The van der Waals surface area contributed by atoms with E-state index in [1.165, 1.54) is 0 Å². The minimum atomic E-state index is 0.0209. The van der Waals surface area contributed by atoms with Crippen LogP contribution in [0.25, 0.3) is 5.70 Å². The molecule has 0 aliphatic carbocycles. The third-order valence-corrected chi connectivity index (χ3v) is 3.60. The molecule has 5 nitrogen and oxygen atoms in total. The van der Waals surface area contributed by atoms with Crippen molar-refractivity contribution in [2.75, 3.05) is 11.4 Å². The van der Waals surface area contributed by atoms with Crippen LogP contribution in [0.3, 0.4) is 0 Å². The van der Waals surface area contributed by atoms with Crippen molar-refractivity contribution in [3.05, 3.63) is 47.3 Å². The maximum Gasteiger partial charge on any atom is 0.223 e. The van der Waals surface area contributed by atoms with Crippen LogP contribution < -0.4 is 4.90 Å². The van der Waals surface area contributed by atoms with Crippen LogP contribution in [0.1, 0.15) is 33.3 Å². The Bertz CT molecular complexity index is 711. The molecule has 0 radical (unpaired) electrons. The van der Waals surface area contributed by atoms with Crippen molar-refractivity contribution in [2.45, 2.75) is 27.7 Å². The van der Waals surface area contributed by atoms with Crippen molar-refractivity contribution in [3.8, 4) is 0 Å². The second-order valence-electron chi connectivity index (χ2n) is 5.42. The van der Waals surface area contributed by atoms with Gasteiger partial charge in [-0.05, 0) is 44.6 Å². The number of hydrogen-bond acceptors (Lipinski definition) is 4. The summed E-state index contributed by atoms with van der Waals surface area (Å²) >= 11 is 0. The number of allylic oxidation sites excluding steroid dienone is 2. The van der Waals surface area contributed by atoms with E-state index in [0.29, 0.717) is 6.54 Å². The highest BCUT2D eigenvalue weighted by atomic mass is 16.2. The van der Waals surface area contributed by atoms with E-state index in [9.17, 15) is 4.79 Å². The van der Waals surface area contributed by atoms with Gasteiger partial charge in [-0.1, -0.05) is 12.1 Å². The van der Waals surface area contributed by atoms with Crippen LogP contribution >= 0.6 is 0 Å². The van der Waals surface area contributed by atoms with E-state index >= 15 is 0 Å². The summed E-state index contributed by atoms with van der Waals surface area (Å²) in [6, 6.07) is 7.84. The predicted octanol–water partition coefficient (Wildman–Crippen LogP) is 3.65. The van der Waals surface area contributed by atoms with E-state index in [1.807, 2.05) is 51.1 Å². The zero-order chi connectivity index (χ0) is 17.0. The van der Waals surface area contributed by atoms with Gasteiger partial charge in [0.25, 0.3) is 0 Å². The highest BCUT2D eigenvalue weighted by Crippen LogP contribution is 2.30. The largest absolute Gasteiger partial charge is 0.313 e. The molecule has 23 heavy (non-hydrogen) atoms. The molecule has 0 aromatic heterocycles. The lowest BCUT2D eigenvalue weighted by atomic mass is 10.1. The maximum atomic E-state index is 11.8. The summed E-state index contributed by atoms with van der Waals surface area (Å²) in [5, 5.41) is 5.82. The van der Waals surface area contributed by atoms with E-state index < -0.39 is 0 Å². The molecule has 1 aliphatic heterocycles. The molecule has 5 heteroatoms. The molecule has 1 aromatic rings. The van der Waals surface area contributed by atoms with Crippen LogP contribution in [0.5, 0.6) is 0 Å². The van der Waals surface area contributed by atoms with Gasteiger partial charge in [0.05, 0.1) is 5.70 Å². The summed E-state index contributed by atoms with van der Waals surface area (Å²) < 4.78 is 0. The number of anilines is 1. The summed E-state index contributed by atoms with van der Waals surface area (Å²) in [6.07, 6.45) is 3.65. The molecular weight excluding hydrogens is 288 g/mol. The molecule has 0 saturated carbocycles. The van der Waals surface area contributed by atoms with Gasteiger partial charge >= 0.3 is 0 Å². The molecule has 0 bridgehead atoms. The standard InChI is InChI=1S/C18H22N4O/c1-6-21(14(4)23)16-9-7-8-15(12-16)17-10-11-20-18(13(2)3)22(17)19-5/h7-12H,5-6H2,1-4H3. The van der Waals surface area contributed by atoms with E-state index in [1.54, 1.807) is 23.0 Å². The zero-order valence-corrected chi connectivity index (χ0v) is 14.1. The Labute approximate surface area is 137 Å². The lowest BCUT2D eigenvalue weighted by Crippen LogP contribution is -2.28. The first-order chi connectivity index (χ1) is 11.0. The first-order valence-electron chi connectivity index (χ1n) is 7.56. The Balaban J connectivity index is 2.48. The minimum Gasteiger partial charge on any atom is -0.313 e. The Morgan fingerprint density at radius 1 is 1.35 bits per heavy atom. The topological polar surface area (TPSA) is 48.3 Å². The number of hydrazone groups is 1. The quantitative estimate of drug-likeness (QED) is 0.797. The Morgan fingerprint density at radius 2 is 2.09 bits per heavy atom. The minimum absolute atomic E-state index is 0.0209. The van der Waals surface area contributed by atoms with Crippen molar-refractivity contribution in [1.82, 2.24) is 5.01 Å². The first kappa shape index (κ1) is 16.7. The van der Waals surface area contributed by atoms with Gasteiger partial charge < -0.3 is 4.90 Å². The lowest BCUT2D eigenvalue weighted by molar-refractivity contribution is -0.116. The second kappa shape index (κ2) is 7.05. The highest BCUT2D eigenvalue weighted by molar-refractivity contribution is 5.93. The number of hydrogen-bond donors (Lipinski definition) is 0. The number of aliphatic imine (C=N–C) groups is 1. The van der Waals surface area contributed by atoms with Crippen LogP contribution in [-0.2, 0) is 4.79 Å². The van der Waals surface area contributed by atoms with Crippen molar-refractivity contribution in [1.29, 1.82) is 0 Å². The van der Waals surface area contributed by atoms with Gasteiger partial charge in [-0.15, -0.1) is 0 Å². The van der Waals surface area contributed by atoms with Crippen LogP contribution in [0.2, 0.25) is 0 Å². The Kier molecular flexibility index (Phi) is 5.11. The molecular formula is C18H22N4O. The lowest BCUT2D eigenvalue weighted by Gasteiger charge is -2.26. The summed E-state index contributed by atoms with van der Waals surface area (Å²) in [4.78, 5) is 17.9. The molecule has 1 aromatic carbocycles. The van der Waals surface area contributed by atoms with Crippen LogP contribution in [0, 0.1) is 0 Å². The molecule has 0 fully saturated rings. The summed E-state index contributed by atoms with van der Waals surface area (Å²) in [7, 11) is 0. The van der Waals surface area contributed by atoms with Crippen molar-refractivity contribution < 1.29 is 4.79 Å². The molecule has 1 heterocycles. The molecule has 0 saturated heterocycles. The molecule has 120 valence electrons. The number of benzene rings is 1. The fourth-order valence-electron chi connectivity index (χ4n) is 2.54. The van der Waals surface area contributed by atoms with E-state index in [0.717, 1.165) is 28.3 Å². The number of amides is 1. The monoisotopic (exact) mass is 310 g/mol. The summed E-state index contributed by atoms with van der Waals surface area (Å²) in [5.41, 5.74) is 3.75. The Hall–Kier alpha value is -2.69. The summed E-state index contributed by atoms with van der Waals surface area (Å²) in [5.74, 6) is 0.786. The molecule has 1 aliphatic rings. The normalized spacial score (nSPS) is 13.7. The third-order valence-electron chi connectivity index (χ3n) is 3.60. The fourth-order valence-corrected chi connectivity index (χ4v) is 2.54. The van der Waals surface area contributed by atoms with Gasteiger partial charge in [-0.3, -0.25) is 4.79 Å². The smallest absolute Gasteiger partial charge is 0.223 e. The summed E-state index contributed by atoms with van der Waals surface area (Å²) in [6.45, 7) is 11.8. The SMILES string of the molecule is C=NN1C(c2cccc(N(CC)C(C)=O)c2)=CC=NC1=C(C)C. The average Bonchev–Trinajstić information content (AvgIpc) is 2.54. The van der Waals surface area contributed by atoms with Gasteiger partial charge in [0, 0.05) is 37.7 Å². The molecule has 0 unspecified atom stereocenters. The van der Waals surface area contributed by atoms with Crippen molar-refractivity contribution in [2.24, 2.45) is 10.1 Å². The number of nitrogens with zero attached hydrogens (tertiary/aromatic N) is 4. The second-order valence-corrected chi connectivity index (χ2v) is 5.42. The van der Waals surface area contributed by atoms with Crippen LogP contribution in [0.4, 0.5) is 5.69 Å². The van der Waals surface area contributed by atoms with Crippen LogP contribution in [0.15, 0.2) is 51.8 Å². The third kappa shape index (κ3) is 3.39. The van der Waals surface area contributed by atoms with E-state index in [2.05, 4.69) is 16.8 Å². The van der Waals surface area contributed by atoms with E-state index in [-0.39, 0.29) is 5.91 Å². The molecule has 2 rings (SSSR count). The fraction of sp³-hybridized carbons (Fsp3) is 0.278. The zero-order valence-electron chi connectivity index (χ0n) is 14.1. The van der Waals surface area contributed by atoms with Crippen molar-refractivity contribution in [3.63, 3.8) is 0 Å². The van der Waals surface area contributed by atoms with Crippen LogP contribution in [-0.4, -0.2) is 30.4 Å². The number of carbonyl (C=O) groups is 1. The average molecular weight is 310 g/mol. The number of rotatable bonds is 4. The molecule has 0 N–H and O–H groups in total. The van der Waals surface area contributed by atoms with Gasteiger partial charge in [0.15, 0.2) is 5.82 Å². The maximum absolute atomic E-state index is 11.8. The van der Waals surface area contributed by atoms with Gasteiger partial charge in [-0.2, -0.15) is 5.10 Å². The predicted molar refractivity (Wildman–Crippen MR) is 96.4 cm³/mol. The molecule has 0 atom stereocenters. The first-order valence-corrected chi connectivity index (χ1v) is 7.56. The van der Waals surface area contributed by atoms with E-state index in [4.69, 9.17) is 0 Å². The molecule has 1 amide bonds. The van der Waals surface area contributed by atoms with Gasteiger partial charge in [-0.25, -0.2) is 10.0 Å².